The van der Waals surface area contributed by atoms with Crippen molar-refractivity contribution in [2.24, 2.45) is 11.8 Å². The topological polar surface area (TPSA) is 66.4 Å². The molecule has 104 valence electrons. The zero-order valence-electron chi connectivity index (χ0n) is 11.2. The lowest BCUT2D eigenvalue weighted by Crippen LogP contribution is -2.36. The van der Waals surface area contributed by atoms with Crippen LogP contribution in [-0.2, 0) is 9.59 Å². The summed E-state index contributed by atoms with van der Waals surface area (Å²) in [5, 5.41) is 12.3. The van der Waals surface area contributed by atoms with Crippen molar-refractivity contribution in [1.29, 1.82) is 0 Å². The second-order valence-corrected chi connectivity index (χ2v) is 5.07. The van der Waals surface area contributed by atoms with E-state index in [1.165, 1.54) is 6.92 Å². The molecule has 3 atom stereocenters. The normalized spacial score (nSPS) is 15.4. The van der Waals surface area contributed by atoms with Crippen LogP contribution in [0.1, 0.15) is 32.4 Å². The van der Waals surface area contributed by atoms with Crippen molar-refractivity contribution in [2.75, 3.05) is 0 Å². The summed E-state index contributed by atoms with van der Waals surface area (Å²) in [5.74, 6) is -2.59. The van der Waals surface area contributed by atoms with Crippen LogP contribution in [-0.4, -0.2) is 17.0 Å². The van der Waals surface area contributed by atoms with Gasteiger partial charge in [0.25, 0.3) is 0 Å². The van der Waals surface area contributed by atoms with E-state index in [4.69, 9.17) is 16.7 Å². The van der Waals surface area contributed by atoms with Gasteiger partial charge in [0.2, 0.25) is 5.91 Å². The van der Waals surface area contributed by atoms with E-state index in [0.29, 0.717) is 5.02 Å². The molecule has 0 spiro atoms. The van der Waals surface area contributed by atoms with Crippen molar-refractivity contribution >= 4 is 23.5 Å². The van der Waals surface area contributed by atoms with Crippen LogP contribution in [0.25, 0.3) is 0 Å². The number of aliphatic carboxylic acids is 1. The largest absolute Gasteiger partial charge is 0.481 e. The average molecular weight is 284 g/mol. The molecule has 5 heteroatoms. The number of hydrogen-bond acceptors (Lipinski definition) is 2. The molecule has 0 aliphatic rings. The van der Waals surface area contributed by atoms with E-state index in [1.54, 1.807) is 13.0 Å². The van der Waals surface area contributed by atoms with Crippen LogP contribution in [0.15, 0.2) is 24.3 Å². The zero-order chi connectivity index (χ0) is 14.6. The molecule has 0 heterocycles. The van der Waals surface area contributed by atoms with Gasteiger partial charge in [-0.05, 0) is 18.6 Å². The van der Waals surface area contributed by atoms with Crippen LogP contribution in [0.4, 0.5) is 0 Å². The summed E-state index contributed by atoms with van der Waals surface area (Å²) in [5.41, 5.74) is 0.813. The number of nitrogens with one attached hydrogen (secondary N) is 1. The van der Waals surface area contributed by atoms with E-state index in [1.807, 2.05) is 25.1 Å². The Kier molecular flexibility index (Phi) is 5.36. The smallest absolute Gasteiger partial charge is 0.307 e. The third kappa shape index (κ3) is 3.96. The first-order valence-corrected chi connectivity index (χ1v) is 6.50. The van der Waals surface area contributed by atoms with Crippen molar-refractivity contribution in [2.45, 2.75) is 26.8 Å². The quantitative estimate of drug-likeness (QED) is 0.873. The summed E-state index contributed by atoms with van der Waals surface area (Å²) in [6, 6.07) is 6.98. The van der Waals surface area contributed by atoms with Crippen molar-refractivity contribution in [3.8, 4) is 0 Å². The lowest BCUT2D eigenvalue weighted by Gasteiger charge is -2.20. The fourth-order valence-electron chi connectivity index (χ4n) is 1.69. The van der Waals surface area contributed by atoms with Gasteiger partial charge in [-0.2, -0.15) is 0 Å². The van der Waals surface area contributed by atoms with Gasteiger partial charge in [0, 0.05) is 10.9 Å². The van der Waals surface area contributed by atoms with Gasteiger partial charge in [-0.15, -0.1) is 0 Å². The summed E-state index contributed by atoms with van der Waals surface area (Å²) >= 11 is 6.05. The number of carbonyl (C=O) groups excluding carboxylic acids is 1. The maximum Gasteiger partial charge on any atom is 0.307 e. The summed E-state index contributed by atoms with van der Waals surface area (Å²) in [6.45, 7) is 4.94. The second-order valence-electron chi connectivity index (χ2n) is 4.67. The molecule has 0 radical (unpaired) electrons. The van der Waals surface area contributed by atoms with E-state index in [2.05, 4.69) is 5.32 Å². The van der Waals surface area contributed by atoms with Gasteiger partial charge in [-0.1, -0.05) is 43.6 Å². The summed E-state index contributed by atoms with van der Waals surface area (Å²) in [7, 11) is 0. The SMILES string of the molecule is CC(C(=O)O)C(C)C(=O)N[C@@H](C)c1ccccc1Cl. The number of halogens is 1. The Bertz CT molecular complexity index is 476. The molecule has 1 rings (SSSR count). The van der Waals surface area contributed by atoms with Gasteiger partial charge in [0.15, 0.2) is 0 Å². The molecule has 0 fully saturated rings. The molecule has 1 aromatic carbocycles. The number of carboxylic acid groups (broad SMARTS) is 1. The molecule has 1 amide bonds. The van der Waals surface area contributed by atoms with Crippen LogP contribution in [0, 0.1) is 11.8 Å². The number of carboxylic acids is 1. The second kappa shape index (κ2) is 6.57. The molecule has 2 N–H and O–H groups in total. The Balaban J connectivity index is 2.72. The van der Waals surface area contributed by atoms with Crippen LogP contribution >= 0.6 is 11.6 Å². The molecule has 2 unspecified atom stereocenters. The molecule has 0 aliphatic carbocycles. The molecule has 19 heavy (non-hydrogen) atoms. The predicted octanol–water partition coefficient (Wildman–Crippen LogP) is 2.87. The minimum Gasteiger partial charge on any atom is -0.481 e. The Morgan fingerprint density at radius 1 is 1.16 bits per heavy atom. The Morgan fingerprint density at radius 2 is 1.74 bits per heavy atom. The molecule has 0 saturated heterocycles. The minimum atomic E-state index is -0.979. The first kappa shape index (κ1) is 15.5. The highest BCUT2D eigenvalue weighted by Gasteiger charge is 2.26. The van der Waals surface area contributed by atoms with Gasteiger partial charge in [-0.3, -0.25) is 9.59 Å². The van der Waals surface area contributed by atoms with Crippen molar-refractivity contribution in [3.05, 3.63) is 34.9 Å². The number of hydrogen-bond donors (Lipinski definition) is 2. The van der Waals surface area contributed by atoms with E-state index in [-0.39, 0.29) is 11.9 Å². The van der Waals surface area contributed by atoms with Gasteiger partial charge < -0.3 is 10.4 Å². The Labute approximate surface area is 117 Å². The number of carbonyl (C=O) groups is 2. The standard InChI is InChI=1S/C14H18ClNO3/c1-8(9(2)14(18)19)13(17)16-10(3)11-6-4-5-7-12(11)15/h4-10H,1-3H3,(H,16,17)(H,18,19)/t8?,9?,10-/m0/s1. The summed E-state index contributed by atoms with van der Waals surface area (Å²) < 4.78 is 0. The first-order chi connectivity index (χ1) is 8.84. The summed E-state index contributed by atoms with van der Waals surface area (Å²) in [6.07, 6.45) is 0. The number of rotatable bonds is 5. The van der Waals surface area contributed by atoms with E-state index >= 15 is 0 Å². The molecular formula is C14H18ClNO3. The fourth-order valence-corrected chi connectivity index (χ4v) is 1.99. The maximum atomic E-state index is 12.0. The van der Waals surface area contributed by atoms with E-state index in [0.717, 1.165) is 5.56 Å². The molecule has 0 aliphatic heterocycles. The van der Waals surface area contributed by atoms with Crippen LogP contribution in [0.2, 0.25) is 5.02 Å². The van der Waals surface area contributed by atoms with Crippen molar-refractivity contribution in [3.63, 3.8) is 0 Å². The monoisotopic (exact) mass is 283 g/mol. The predicted molar refractivity (Wildman–Crippen MR) is 74.0 cm³/mol. The molecule has 0 bridgehead atoms. The molecule has 1 aromatic rings. The highest BCUT2D eigenvalue weighted by Crippen LogP contribution is 2.23. The zero-order valence-corrected chi connectivity index (χ0v) is 11.9. The number of amides is 1. The highest BCUT2D eigenvalue weighted by molar-refractivity contribution is 6.31. The Hall–Kier alpha value is -1.55. The van der Waals surface area contributed by atoms with Gasteiger partial charge >= 0.3 is 5.97 Å². The maximum absolute atomic E-state index is 12.0. The number of benzene rings is 1. The van der Waals surface area contributed by atoms with Crippen LogP contribution in [0.3, 0.4) is 0 Å². The Morgan fingerprint density at radius 3 is 2.26 bits per heavy atom. The molecule has 0 aromatic heterocycles. The molecular weight excluding hydrogens is 266 g/mol. The molecule has 4 nitrogen and oxygen atoms in total. The summed E-state index contributed by atoms with van der Waals surface area (Å²) in [4.78, 5) is 22.8. The fraction of sp³-hybridized carbons (Fsp3) is 0.429. The van der Waals surface area contributed by atoms with Crippen LogP contribution in [0.5, 0.6) is 0 Å². The van der Waals surface area contributed by atoms with Gasteiger partial charge in [0.1, 0.15) is 0 Å². The van der Waals surface area contributed by atoms with Crippen molar-refractivity contribution in [1.82, 2.24) is 5.32 Å². The van der Waals surface area contributed by atoms with Crippen LogP contribution < -0.4 is 5.32 Å². The highest BCUT2D eigenvalue weighted by atomic mass is 35.5. The lowest BCUT2D eigenvalue weighted by molar-refractivity contribution is -0.146. The minimum absolute atomic E-state index is 0.260. The van der Waals surface area contributed by atoms with Gasteiger partial charge in [0.05, 0.1) is 12.0 Å². The molecule has 0 saturated carbocycles. The first-order valence-electron chi connectivity index (χ1n) is 6.12. The third-order valence-electron chi connectivity index (χ3n) is 3.28. The van der Waals surface area contributed by atoms with E-state index in [9.17, 15) is 9.59 Å². The third-order valence-corrected chi connectivity index (χ3v) is 3.63. The van der Waals surface area contributed by atoms with Crippen molar-refractivity contribution < 1.29 is 14.7 Å². The van der Waals surface area contributed by atoms with E-state index < -0.39 is 17.8 Å². The average Bonchev–Trinajstić information content (AvgIpc) is 2.37. The lowest BCUT2D eigenvalue weighted by atomic mass is 9.94. The van der Waals surface area contributed by atoms with Gasteiger partial charge in [-0.25, -0.2) is 0 Å².